The molecular weight excluding hydrogens is 392 g/mol. The standard InChI is InChI=1S/C21H22N2O3S2/c1-16(24)23-20(26)22-19(25)21(23,14-27-12-17-8-4-2-5-9-17)15-28-13-18-10-6-3-7-11-18/h2-11H,12-15H2,1H3,(H,22,25,26). The van der Waals surface area contributed by atoms with Crippen LogP contribution >= 0.6 is 23.5 Å². The van der Waals surface area contributed by atoms with E-state index < -0.39 is 23.4 Å². The fraction of sp³-hybridized carbons (Fsp3) is 0.286. The highest BCUT2D eigenvalue weighted by Gasteiger charge is 2.54. The molecule has 1 heterocycles. The molecule has 2 aromatic rings. The lowest BCUT2D eigenvalue weighted by atomic mass is 10.0. The van der Waals surface area contributed by atoms with E-state index in [2.05, 4.69) is 5.32 Å². The fourth-order valence-electron chi connectivity index (χ4n) is 3.14. The van der Waals surface area contributed by atoms with Gasteiger partial charge >= 0.3 is 6.03 Å². The summed E-state index contributed by atoms with van der Waals surface area (Å²) in [5.41, 5.74) is 1.11. The molecule has 2 aromatic carbocycles. The summed E-state index contributed by atoms with van der Waals surface area (Å²) in [6.45, 7) is 1.33. The molecule has 0 spiro atoms. The maximum Gasteiger partial charge on any atom is 0.331 e. The van der Waals surface area contributed by atoms with Crippen LogP contribution in [0.25, 0.3) is 0 Å². The zero-order valence-electron chi connectivity index (χ0n) is 15.6. The molecule has 0 atom stereocenters. The van der Waals surface area contributed by atoms with Crippen LogP contribution in [0.5, 0.6) is 0 Å². The average Bonchev–Trinajstić information content (AvgIpc) is 2.93. The van der Waals surface area contributed by atoms with Crippen molar-refractivity contribution in [3.63, 3.8) is 0 Å². The number of imide groups is 2. The Labute approximate surface area is 173 Å². The van der Waals surface area contributed by atoms with Crippen LogP contribution in [0.2, 0.25) is 0 Å². The van der Waals surface area contributed by atoms with Crippen LogP contribution in [-0.4, -0.2) is 39.8 Å². The fourth-order valence-corrected chi connectivity index (χ4v) is 5.72. The summed E-state index contributed by atoms with van der Waals surface area (Å²) in [4.78, 5) is 38.3. The lowest BCUT2D eigenvalue weighted by Crippen LogP contribution is -2.55. The van der Waals surface area contributed by atoms with E-state index in [1.54, 1.807) is 23.5 Å². The number of carbonyl (C=O) groups excluding carboxylic acids is 3. The van der Waals surface area contributed by atoms with E-state index in [-0.39, 0.29) is 0 Å². The molecule has 0 aliphatic carbocycles. The largest absolute Gasteiger partial charge is 0.331 e. The molecule has 1 saturated heterocycles. The maximum atomic E-state index is 12.8. The minimum atomic E-state index is -1.16. The number of nitrogens with zero attached hydrogens (tertiary/aromatic N) is 1. The highest BCUT2D eigenvalue weighted by Crippen LogP contribution is 2.32. The first-order valence-corrected chi connectivity index (χ1v) is 11.2. The number of amides is 4. The summed E-state index contributed by atoms with van der Waals surface area (Å²) in [5, 5.41) is 2.34. The van der Waals surface area contributed by atoms with Crippen LogP contribution in [0.3, 0.4) is 0 Å². The summed E-state index contributed by atoms with van der Waals surface area (Å²) in [6.07, 6.45) is 0. The number of thioether (sulfide) groups is 2. The molecule has 0 bridgehead atoms. The van der Waals surface area contributed by atoms with E-state index in [0.29, 0.717) is 23.0 Å². The van der Waals surface area contributed by atoms with Crippen molar-refractivity contribution in [1.82, 2.24) is 10.2 Å². The predicted molar refractivity (Wildman–Crippen MR) is 114 cm³/mol. The number of rotatable bonds is 8. The third-order valence-corrected chi connectivity index (χ3v) is 6.93. The van der Waals surface area contributed by atoms with Crippen LogP contribution < -0.4 is 5.32 Å². The van der Waals surface area contributed by atoms with Gasteiger partial charge in [0, 0.05) is 29.9 Å². The van der Waals surface area contributed by atoms with Gasteiger partial charge in [-0.3, -0.25) is 14.9 Å². The lowest BCUT2D eigenvalue weighted by Gasteiger charge is -2.32. The van der Waals surface area contributed by atoms with Crippen molar-refractivity contribution < 1.29 is 14.4 Å². The number of urea groups is 1. The Morgan fingerprint density at radius 1 is 0.893 bits per heavy atom. The molecule has 146 valence electrons. The van der Waals surface area contributed by atoms with Crippen molar-refractivity contribution >= 4 is 41.4 Å². The molecule has 3 rings (SSSR count). The van der Waals surface area contributed by atoms with Gasteiger partial charge in [0.05, 0.1) is 0 Å². The van der Waals surface area contributed by atoms with Crippen LogP contribution in [0, 0.1) is 0 Å². The van der Waals surface area contributed by atoms with Gasteiger partial charge < -0.3 is 0 Å². The molecule has 0 aromatic heterocycles. The summed E-state index contributed by atoms with van der Waals surface area (Å²) in [6, 6.07) is 19.2. The smallest absolute Gasteiger partial charge is 0.275 e. The van der Waals surface area contributed by atoms with Crippen molar-refractivity contribution in [2.75, 3.05) is 11.5 Å². The number of hydrogen-bond donors (Lipinski definition) is 1. The molecule has 0 radical (unpaired) electrons. The molecule has 0 saturated carbocycles. The van der Waals surface area contributed by atoms with Crippen LogP contribution in [0.1, 0.15) is 18.1 Å². The molecule has 7 heteroatoms. The Kier molecular flexibility index (Phi) is 6.80. The van der Waals surface area contributed by atoms with Crippen molar-refractivity contribution in [3.8, 4) is 0 Å². The second-order valence-corrected chi connectivity index (χ2v) is 8.57. The van der Waals surface area contributed by atoms with Crippen LogP contribution in [0.4, 0.5) is 4.79 Å². The monoisotopic (exact) mass is 414 g/mol. The second-order valence-electron chi connectivity index (χ2n) is 6.60. The average molecular weight is 415 g/mol. The maximum absolute atomic E-state index is 12.8. The molecule has 28 heavy (non-hydrogen) atoms. The third kappa shape index (κ3) is 4.59. The van der Waals surface area contributed by atoms with Gasteiger partial charge in [-0.2, -0.15) is 23.5 Å². The molecule has 0 unspecified atom stereocenters. The lowest BCUT2D eigenvalue weighted by molar-refractivity contribution is -0.134. The normalized spacial score (nSPS) is 15.5. The van der Waals surface area contributed by atoms with Crippen molar-refractivity contribution in [3.05, 3.63) is 71.8 Å². The first kappa shape index (κ1) is 20.5. The van der Waals surface area contributed by atoms with E-state index in [9.17, 15) is 14.4 Å². The molecule has 1 fully saturated rings. The summed E-state index contributed by atoms with van der Waals surface area (Å²) >= 11 is 3.11. The minimum absolute atomic E-state index is 0.362. The molecular formula is C21H22N2O3S2. The van der Waals surface area contributed by atoms with E-state index in [1.807, 2.05) is 60.7 Å². The number of carbonyl (C=O) groups is 3. The molecule has 1 aliphatic rings. The first-order valence-electron chi connectivity index (χ1n) is 8.92. The third-order valence-electron chi connectivity index (χ3n) is 4.49. The number of hydrogen-bond acceptors (Lipinski definition) is 5. The summed E-state index contributed by atoms with van der Waals surface area (Å²) in [7, 11) is 0. The Balaban J connectivity index is 1.73. The van der Waals surface area contributed by atoms with Gasteiger partial charge in [0.1, 0.15) is 5.54 Å². The van der Waals surface area contributed by atoms with Crippen molar-refractivity contribution in [2.24, 2.45) is 0 Å². The second kappa shape index (κ2) is 9.30. The molecule has 1 N–H and O–H groups in total. The van der Waals surface area contributed by atoms with Gasteiger partial charge in [0.2, 0.25) is 5.91 Å². The van der Waals surface area contributed by atoms with E-state index in [1.165, 1.54) is 6.92 Å². The SMILES string of the molecule is CC(=O)N1C(=O)NC(=O)C1(CSCc1ccccc1)CSCc1ccccc1. The summed E-state index contributed by atoms with van der Waals surface area (Å²) < 4.78 is 0. The van der Waals surface area contributed by atoms with Crippen LogP contribution in [0.15, 0.2) is 60.7 Å². The van der Waals surface area contributed by atoms with E-state index >= 15 is 0 Å². The Morgan fingerprint density at radius 2 is 1.36 bits per heavy atom. The van der Waals surface area contributed by atoms with Crippen molar-refractivity contribution in [2.45, 2.75) is 24.0 Å². The Bertz CT molecular complexity index is 798. The topological polar surface area (TPSA) is 66.5 Å². The highest BCUT2D eigenvalue weighted by atomic mass is 32.2. The Hall–Kier alpha value is -2.25. The van der Waals surface area contributed by atoms with Gasteiger partial charge in [0.15, 0.2) is 0 Å². The summed E-state index contributed by atoms with van der Waals surface area (Å²) in [5.74, 6) is 1.33. The molecule has 4 amide bonds. The Morgan fingerprint density at radius 3 is 1.79 bits per heavy atom. The van der Waals surface area contributed by atoms with Crippen molar-refractivity contribution in [1.29, 1.82) is 0 Å². The van der Waals surface area contributed by atoms with Gasteiger partial charge in [-0.25, -0.2) is 9.69 Å². The zero-order chi connectivity index (χ0) is 20.0. The van der Waals surface area contributed by atoms with E-state index in [0.717, 1.165) is 16.0 Å². The molecule has 1 aliphatic heterocycles. The van der Waals surface area contributed by atoms with Gasteiger partial charge in [-0.05, 0) is 11.1 Å². The number of benzene rings is 2. The predicted octanol–water partition coefficient (Wildman–Crippen LogP) is 3.69. The van der Waals surface area contributed by atoms with Crippen LogP contribution in [-0.2, 0) is 21.1 Å². The van der Waals surface area contributed by atoms with Gasteiger partial charge in [-0.15, -0.1) is 0 Å². The quantitative estimate of drug-likeness (QED) is 0.668. The highest BCUT2D eigenvalue weighted by molar-refractivity contribution is 7.99. The van der Waals surface area contributed by atoms with Gasteiger partial charge in [-0.1, -0.05) is 60.7 Å². The zero-order valence-corrected chi connectivity index (χ0v) is 17.2. The first-order chi connectivity index (χ1) is 13.5. The molecule has 5 nitrogen and oxygen atoms in total. The van der Waals surface area contributed by atoms with E-state index in [4.69, 9.17) is 0 Å². The minimum Gasteiger partial charge on any atom is -0.275 e. The van der Waals surface area contributed by atoms with Gasteiger partial charge in [0.25, 0.3) is 5.91 Å². The number of nitrogens with one attached hydrogen (secondary N) is 1.